The van der Waals surface area contributed by atoms with Crippen LogP contribution in [0, 0.1) is 0 Å². The third kappa shape index (κ3) is 18.3. The van der Waals surface area contributed by atoms with Crippen LogP contribution >= 0.6 is 0 Å². The summed E-state index contributed by atoms with van der Waals surface area (Å²) >= 11 is 0. The molecule has 1 heterocycles. The summed E-state index contributed by atoms with van der Waals surface area (Å²) in [5, 5.41) is 32.0. The van der Waals surface area contributed by atoms with Crippen molar-refractivity contribution in [3.8, 4) is 0 Å². The van der Waals surface area contributed by atoms with E-state index in [-0.39, 0.29) is 32.1 Å². The van der Waals surface area contributed by atoms with Gasteiger partial charge in [-0.2, -0.15) is 0 Å². The lowest BCUT2D eigenvalue weighted by molar-refractivity contribution is -0.142. The molecule has 0 unspecified atom stereocenters. The predicted molar refractivity (Wildman–Crippen MR) is 222 cm³/mol. The Labute approximate surface area is 353 Å². The van der Waals surface area contributed by atoms with Crippen molar-refractivity contribution in [3.63, 3.8) is 0 Å². The third-order valence-corrected chi connectivity index (χ3v) is 10.4. The van der Waals surface area contributed by atoms with Crippen LogP contribution in [0.1, 0.15) is 55.3 Å². The van der Waals surface area contributed by atoms with Crippen molar-refractivity contribution in [2.75, 3.05) is 18.6 Å². The van der Waals surface area contributed by atoms with Gasteiger partial charge in [-0.05, 0) is 49.8 Å². The number of unbranched alkanes of at least 4 members (excludes halogenated alkanes) is 1. The molecule has 2 aromatic carbocycles. The summed E-state index contributed by atoms with van der Waals surface area (Å²) in [4.78, 5) is 99.1. The van der Waals surface area contributed by atoms with Gasteiger partial charge < -0.3 is 53.2 Å². The molecular formula is C40H55N9O11S. The van der Waals surface area contributed by atoms with Crippen molar-refractivity contribution in [2.45, 2.75) is 94.0 Å². The van der Waals surface area contributed by atoms with Crippen molar-refractivity contribution < 1.29 is 52.2 Å². The van der Waals surface area contributed by atoms with Crippen LogP contribution < -0.4 is 38.1 Å². The van der Waals surface area contributed by atoms with Crippen molar-refractivity contribution >= 4 is 51.3 Å². The first-order chi connectivity index (χ1) is 28.9. The van der Waals surface area contributed by atoms with Gasteiger partial charge in [0.1, 0.15) is 40.0 Å². The zero-order chi connectivity index (χ0) is 45.0. The lowest BCUT2D eigenvalue weighted by atomic mass is 10.0. The van der Waals surface area contributed by atoms with Gasteiger partial charge in [-0.3, -0.25) is 28.8 Å². The van der Waals surface area contributed by atoms with Gasteiger partial charge in [0.15, 0.2) is 0 Å². The molecule has 0 aliphatic rings. The number of carbonyl (C=O) groups is 7. The maximum Gasteiger partial charge on any atom is 0.326 e. The molecule has 0 bridgehead atoms. The minimum atomic E-state index is -3.49. The fourth-order valence-corrected chi connectivity index (χ4v) is 6.75. The van der Waals surface area contributed by atoms with E-state index in [1.165, 1.54) is 12.5 Å². The number of hydrogen-bond donors (Lipinski definition) is 10. The average Bonchev–Trinajstić information content (AvgIpc) is 3.73. The highest BCUT2D eigenvalue weighted by Crippen LogP contribution is 2.11. The summed E-state index contributed by atoms with van der Waals surface area (Å²) in [6, 6.07) is 8.97. The Balaban J connectivity index is 1.90. The molecule has 3 aromatic rings. The van der Waals surface area contributed by atoms with E-state index < -0.39 is 106 Å². The SMILES string of the molecule is CS(=O)(=O)CC[C@H](N)C(=O)N[C@@H](CCC(=O)O)C(=O)N[C@@H](Cc1cnc[nH]1)C(=O)N[C@@H](Cc1ccccc1)C(=O)N[C@H](CCCCN)C(=O)N[C@@H](Cc1ccccc1)C(=O)O. The van der Waals surface area contributed by atoms with E-state index in [4.69, 9.17) is 11.5 Å². The summed E-state index contributed by atoms with van der Waals surface area (Å²) in [5.74, 6) is -7.37. The third-order valence-electron chi connectivity index (χ3n) is 9.42. The van der Waals surface area contributed by atoms with Gasteiger partial charge in [0.2, 0.25) is 29.5 Å². The minimum Gasteiger partial charge on any atom is -0.481 e. The number of amides is 5. The second kappa shape index (κ2) is 24.8. The molecule has 0 saturated heterocycles. The topological polar surface area (TPSA) is 335 Å². The van der Waals surface area contributed by atoms with E-state index in [2.05, 4.69) is 36.6 Å². The molecule has 12 N–H and O–H groups in total. The first kappa shape index (κ1) is 49.2. The number of nitrogens with one attached hydrogen (secondary N) is 6. The van der Waals surface area contributed by atoms with Crippen molar-refractivity contribution in [2.24, 2.45) is 11.5 Å². The first-order valence-corrected chi connectivity index (χ1v) is 21.7. The zero-order valence-corrected chi connectivity index (χ0v) is 34.6. The van der Waals surface area contributed by atoms with Gasteiger partial charge in [0, 0.05) is 43.8 Å². The van der Waals surface area contributed by atoms with Crippen LogP contribution in [0.25, 0.3) is 0 Å². The average molecular weight is 870 g/mol. The van der Waals surface area contributed by atoms with Crippen LogP contribution in [-0.2, 0) is 62.7 Å². The number of H-pyrrole nitrogens is 1. The molecule has 21 heteroatoms. The number of sulfone groups is 1. The van der Waals surface area contributed by atoms with Crippen LogP contribution in [0.3, 0.4) is 0 Å². The number of aromatic nitrogens is 2. The highest BCUT2D eigenvalue weighted by molar-refractivity contribution is 7.90. The fourth-order valence-electron chi connectivity index (χ4n) is 6.07. The molecule has 3 rings (SSSR count). The number of imidazole rings is 1. The number of nitrogens with zero attached hydrogens (tertiary/aromatic N) is 1. The maximum absolute atomic E-state index is 14.2. The number of carbonyl (C=O) groups excluding carboxylic acids is 5. The Bertz CT molecular complexity index is 2020. The highest BCUT2D eigenvalue weighted by Gasteiger charge is 2.33. The lowest BCUT2D eigenvalue weighted by Crippen LogP contribution is -2.60. The van der Waals surface area contributed by atoms with Gasteiger partial charge in [0.05, 0.1) is 18.1 Å². The molecule has 20 nitrogen and oxygen atoms in total. The number of aromatic amines is 1. The normalized spacial score (nSPS) is 14.2. The number of benzene rings is 2. The van der Waals surface area contributed by atoms with E-state index in [0.717, 1.165) is 6.26 Å². The zero-order valence-electron chi connectivity index (χ0n) is 33.7. The largest absolute Gasteiger partial charge is 0.481 e. The molecule has 61 heavy (non-hydrogen) atoms. The number of carboxylic acids is 2. The number of rotatable bonds is 27. The molecule has 0 radical (unpaired) electrons. The summed E-state index contributed by atoms with van der Waals surface area (Å²) in [6.45, 7) is 0.293. The van der Waals surface area contributed by atoms with Crippen molar-refractivity contribution in [3.05, 3.63) is 90.0 Å². The second-order valence-corrected chi connectivity index (χ2v) is 16.8. The van der Waals surface area contributed by atoms with Gasteiger partial charge in [0.25, 0.3) is 0 Å². The molecule has 5 amide bonds. The van der Waals surface area contributed by atoms with E-state index in [1.807, 2.05) is 0 Å². The summed E-state index contributed by atoms with van der Waals surface area (Å²) in [7, 11) is -3.49. The quantitative estimate of drug-likeness (QED) is 0.0399. The number of aliphatic carboxylic acids is 2. The Morgan fingerprint density at radius 1 is 0.656 bits per heavy atom. The Kier molecular flexibility index (Phi) is 20.0. The molecular weight excluding hydrogens is 815 g/mol. The number of hydrogen-bond acceptors (Lipinski definition) is 12. The van der Waals surface area contributed by atoms with Crippen LogP contribution in [0.15, 0.2) is 73.2 Å². The van der Waals surface area contributed by atoms with Gasteiger partial charge in [-0.25, -0.2) is 18.2 Å². The van der Waals surface area contributed by atoms with Gasteiger partial charge >= 0.3 is 11.9 Å². The predicted octanol–water partition coefficient (Wildman–Crippen LogP) is -1.30. The van der Waals surface area contributed by atoms with E-state index in [0.29, 0.717) is 36.2 Å². The van der Waals surface area contributed by atoms with Crippen LogP contribution in [0.2, 0.25) is 0 Å². The first-order valence-electron chi connectivity index (χ1n) is 19.6. The standard InChI is InChI=1S/C40H55N9O11S/c1-61(59,60)19-17-28(42)35(52)45-30(15-16-34(50)51)37(54)48-32(22-27-23-43-24-44-27)39(56)47-31(20-25-10-4-2-5-11-25)38(55)46-29(14-8-9-18-41)36(53)49-33(40(57)58)21-26-12-6-3-7-13-26/h2-7,10-13,23-24,28-33H,8-9,14-22,41-42H2,1H3,(H,43,44)(H,45,52)(H,46,55)(H,47,56)(H,48,54)(H,49,53)(H,50,51)(H,57,58)/t28-,29+,30-,31-,32-,33-/m0/s1. The van der Waals surface area contributed by atoms with Crippen molar-refractivity contribution in [1.82, 2.24) is 36.6 Å². The summed E-state index contributed by atoms with van der Waals surface area (Å²) in [5.41, 5.74) is 13.2. The van der Waals surface area contributed by atoms with Crippen molar-refractivity contribution in [1.29, 1.82) is 0 Å². The molecule has 0 aliphatic carbocycles. The molecule has 0 fully saturated rings. The molecule has 0 saturated carbocycles. The Hall–Kier alpha value is -6.19. The Morgan fingerprint density at radius 2 is 1.13 bits per heavy atom. The molecule has 0 aliphatic heterocycles. The highest BCUT2D eigenvalue weighted by atomic mass is 32.2. The molecule has 1 aromatic heterocycles. The molecule has 6 atom stereocenters. The van der Waals surface area contributed by atoms with Crippen LogP contribution in [0.5, 0.6) is 0 Å². The number of nitrogens with two attached hydrogens (primary N) is 2. The van der Waals surface area contributed by atoms with E-state index in [1.54, 1.807) is 60.7 Å². The lowest BCUT2D eigenvalue weighted by Gasteiger charge is -2.27. The van der Waals surface area contributed by atoms with E-state index in [9.17, 15) is 52.2 Å². The maximum atomic E-state index is 14.2. The van der Waals surface area contributed by atoms with Crippen LogP contribution in [0.4, 0.5) is 0 Å². The van der Waals surface area contributed by atoms with E-state index >= 15 is 0 Å². The number of carboxylic acid groups (broad SMARTS) is 2. The second-order valence-electron chi connectivity index (χ2n) is 14.5. The van der Waals surface area contributed by atoms with Crippen LogP contribution in [-0.4, -0.2) is 125 Å². The van der Waals surface area contributed by atoms with Gasteiger partial charge in [-0.1, -0.05) is 60.7 Å². The molecule has 332 valence electrons. The minimum absolute atomic E-state index is 0.0294. The summed E-state index contributed by atoms with van der Waals surface area (Å²) in [6.07, 6.45) is 3.03. The van der Waals surface area contributed by atoms with Gasteiger partial charge in [-0.15, -0.1) is 0 Å². The fraction of sp³-hybridized carbons (Fsp3) is 0.450. The molecule has 0 spiro atoms. The Morgan fingerprint density at radius 3 is 1.62 bits per heavy atom. The monoisotopic (exact) mass is 869 g/mol. The summed E-state index contributed by atoms with van der Waals surface area (Å²) < 4.78 is 23.3. The smallest absolute Gasteiger partial charge is 0.326 e.